The van der Waals surface area contributed by atoms with Gasteiger partial charge in [0, 0.05) is 49.2 Å². The number of halogens is 3. The molecule has 11 nitrogen and oxygen atoms in total. The summed E-state index contributed by atoms with van der Waals surface area (Å²) in [5, 5.41) is 34.6. The van der Waals surface area contributed by atoms with Crippen molar-refractivity contribution in [2.75, 3.05) is 36.1 Å². The first-order chi connectivity index (χ1) is 20.0. The van der Waals surface area contributed by atoms with Gasteiger partial charge in [-0.2, -0.15) is 23.0 Å². The van der Waals surface area contributed by atoms with E-state index in [1.807, 2.05) is 19.9 Å². The van der Waals surface area contributed by atoms with E-state index in [-0.39, 0.29) is 24.2 Å². The number of anilines is 4. The molecule has 0 aliphatic rings. The SMILES string of the molecule is CNc1cc(-n2nc(C)cc2Nc2cc(NC(=O)c3cc(CNCC(O)CO)cc(C(F)(F)F)c3)ccc2C)ncn1. The Morgan fingerprint density at radius 2 is 1.86 bits per heavy atom. The number of alkyl halides is 3. The number of aryl methyl sites for hydroxylation is 2. The molecule has 2 aromatic carbocycles. The number of rotatable bonds is 11. The molecular weight excluding hydrogens is 553 g/mol. The van der Waals surface area contributed by atoms with Crippen LogP contribution in [-0.4, -0.2) is 62.2 Å². The van der Waals surface area contributed by atoms with E-state index in [2.05, 4.69) is 36.3 Å². The van der Waals surface area contributed by atoms with Crippen molar-refractivity contribution in [3.05, 3.63) is 82.8 Å². The van der Waals surface area contributed by atoms with Crippen LogP contribution in [0.5, 0.6) is 0 Å². The maximum Gasteiger partial charge on any atom is 0.416 e. The highest BCUT2D eigenvalue weighted by Crippen LogP contribution is 2.31. The minimum absolute atomic E-state index is 0.0281. The Hall–Kier alpha value is -4.53. The molecule has 6 N–H and O–H groups in total. The summed E-state index contributed by atoms with van der Waals surface area (Å²) in [6.45, 7) is 3.13. The van der Waals surface area contributed by atoms with Crippen LogP contribution in [0.1, 0.15) is 32.7 Å². The average molecular weight is 585 g/mol. The number of nitrogens with zero attached hydrogens (tertiary/aromatic N) is 4. The lowest BCUT2D eigenvalue weighted by atomic mass is 10.0. The molecule has 0 spiro atoms. The molecule has 0 radical (unpaired) electrons. The van der Waals surface area contributed by atoms with Crippen LogP contribution >= 0.6 is 0 Å². The summed E-state index contributed by atoms with van der Waals surface area (Å²) in [6, 6.07) is 11.7. The van der Waals surface area contributed by atoms with E-state index in [0.29, 0.717) is 28.8 Å². The molecule has 1 unspecified atom stereocenters. The van der Waals surface area contributed by atoms with Gasteiger partial charge in [-0.1, -0.05) is 6.07 Å². The lowest BCUT2D eigenvalue weighted by Crippen LogP contribution is -2.29. The van der Waals surface area contributed by atoms with E-state index >= 15 is 0 Å². The van der Waals surface area contributed by atoms with E-state index in [9.17, 15) is 23.1 Å². The van der Waals surface area contributed by atoms with Gasteiger partial charge in [-0.25, -0.2) is 9.97 Å². The predicted molar refractivity (Wildman–Crippen MR) is 152 cm³/mol. The number of aliphatic hydroxyl groups is 2. The molecule has 0 bridgehead atoms. The van der Waals surface area contributed by atoms with E-state index < -0.39 is 30.4 Å². The third kappa shape index (κ3) is 7.60. The normalized spacial score (nSPS) is 12.2. The molecule has 1 amide bonds. The summed E-state index contributed by atoms with van der Waals surface area (Å²) in [5.41, 5.74) is 1.60. The summed E-state index contributed by atoms with van der Waals surface area (Å²) >= 11 is 0. The number of carbonyl (C=O) groups is 1. The number of aliphatic hydroxyl groups excluding tert-OH is 2. The van der Waals surface area contributed by atoms with Crippen molar-refractivity contribution < 1.29 is 28.2 Å². The topological polar surface area (TPSA) is 149 Å². The fraction of sp³-hybridized carbons (Fsp3) is 0.286. The zero-order valence-electron chi connectivity index (χ0n) is 23.1. The van der Waals surface area contributed by atoms with Crippen LogP contribution in [0.15, 0.2) is 54.9 Å². The van der Waals surface area contributed by atoms with Crippen molar-refractivity contribution in [1.82, 2.24) is 25.1 Å². The Balaban J connectivity index is 1.57. The van der Waals surface area contributed by atoms with Gasteiger partial charge >= 0.3 is 6.18 Å². The highest BCUT2D eigenvalue weighted by Gasteiger charge is 2.32. The molecule has 0 saturated heterocycles. The molecule has 2 heterocycles. The van der Waals surface area contributed by atoms with E-state index in [1.165, 1.54) is 12.4 Å². The molecule has 222 valence electrons. The summed E-state index contributed by atoms with van der Waals surface area (Å²) in [6.07, 6.45) is -4.32. The molecule has 0 saturated carbocycles. The zero-order valence-corrected chi connectivity index (χ0v) is 23.1. The number of hydrogen-bond acceptors (Lipinski definition) is 9. The van der Waals surface area contributed by atoms with Gasteiger partial charge < -0.3 is 31.5 Å². The summed E-state index contributed by atoms with van der Waals surface area (Å²) in [5.74, 6) is 0.999. The first-order valence-corrected chi connectivity index (χ1v) is 12.9. The molecule has 0 aliphatic heterocycles. The first kappa shape index (κ1) is 30.4. The van der Waals surface area contributed by atoms with Gasteiger partial charge in [0.05, 0.1) is 24.0 Å². The number of nitrogens with one attached hydrogen (secondary N) is 4. The van der Waals surface area contributed by atoms with Gasteiger partial charge in [0.2, 0.25) is 0 Å². The third-order valence-electron chi connectivity index (χ3n) is 6.22. The standard InChI is InChI=1S/C28H31F3N8O3/c1-16-4-5-21(10-23(16)37-26-6-17(2)38-39(26)25-11-24(32-3)34-15-35-25)36-27(42)19-7-18(12-33-13-22(41)14-40)8-20(9-19)28(29,30)31/h4-11,15,22,33,37,40-41H,12-14H2,1-3H3,(H,36,42)(H,32,34,35). The first-order valence-electron chi connectivity index (χ1n) is 12.9. The van der Waals surface area contributed by atoms with Crippen molar-refractivity contribution in [2.45, 2.75) is 32.7 Å². The van der Waals surface area contributed by atoms with Crippen molar-refractivity contribution in [3.63, 3.8) is 0 Å². The molecule has 42 heavy (non-hydrogen) atoms. The molecule has 4 rings (SSSR count). The number of hydrogen-bond donors (Lipinski definition) is 6. The monoisotopic (exact) mass is 584 g/mol. The highest BCUT2D eigenvalue weighted by atomic mass is 19.4. The van der Waals surface area contributed by atoms with Gasteiger partial charge in [-0.05, 0) is 55.3 Å². The summed E-state index contributed by atoms with van der Waals surface area (Å²) in [7, 11) is 1.74. The molecule has 1 atom stereocenters. The van der Waals surface area contributed by atoms with Crippen LogP contribution in [-0.2, 0) is 12.7 Å². The Kier molecular flexibility index (Phi) is 9.40. The Morgan fingerprint density at radius 1 is 1.07 bits per heavy atom. The second kappa shape index (κ2) is 13.0. The number of carbonyl (C=O) groups excluding carboxylic acids is 1. The van der Waals surface area contributed by atoms with Gasteiger partial charge in [-0.3, -0.25) is 4.79 Å². The number of benzene rings is 2. The fourth-order valence-corrected chi connectivity index (χ4v) is 4.07. The summed E-state index contributed by atoms with van der Waals surface area (Å²) < 4.78 is 42.4. The van der Waals surface area contributed by atoms with E-state index in [4.69, 9.17) is 5.11 Å². The molecule has 2 aromatic heterocycles. The number of aromatic nitrogens is 4. The van der Waals surface area contributed by atoms with Crippen LogP contribution in [0.3, 0.4) is 0 Å². The fourth-order valence-electron chi connectivity index (χ4n) is 4.07. The molecule has 0 aliphatic carbocycles. The number of amides is 1. The molecule has 0 fully saturated rings. The average Bonchev–Trinajstić information content (AvgIpc) is 3.33. The second-order valence-electron chi connectivity index (χ2n) is 9.59. The van der Waals surface area contributed by atoms with Gasteiger partial charge in [0.15, 0.2) is 5.82 Å². The lowest BCUT2D eigenvalue weighted by Gasteiger charge is -2.15. The third-order valence-corrected chi connectivity index (χ3v) is 6.22. The van der Waals surface area contributed by atoms with Crippen molar-refractivity contribution in [2.24, 2.45) is 0 Å². The van der Waals surface area contributed by atoms with Crippen LogP contribution in [0.25, 0.3) is 5.82 Å². The molecular formula is C28H31F3N8O3. The molecule has 4 aromatic rings. The van der Waals surface area contributed by atoms with E-state index in [1.54, 1.807) is 36.0 Å². The smallest absolute Gasteiger partial charge is 0.394 e. The maximum absolute atomic E-state index is 13.6. The van der Waals surface area contributed by atoms with E-state index in [0.717, 1.165) is 23.4 Å². The minimum atomic E-state index is -4.67. The van der Waals surface area contributed by atoms with Crippen LogP contribution in [0, 0.1) is 13.8 Å². The second-order valence-corrected chi connectivity index (χ2v) is 9.59. The van der Waals surface area contributed by atoms with Gasteiger partial charge in [0.1, 0.15) is 18.0 Å². The van der Waals surface area contributed by atoms with Gasteiger partial charge in [0.25, 0.3) is 5.91 Å². The van der Waals surface area contributed by atoms with Crippen LogP contribution in [0.2, 0.25) is 0 Å². The van der Waals surface area contributed by atoms with Crippen molar-refractivity contribution >= 4 is 28.9 Å². The predicted octanol–water partition coefficient (Wildman–Crippen LogP) is 3.78. The Labute approximate surface area is 239 Å². The Morgan fingerprint density at radius 3 is 2.57 bits per heavy atom. The lowest BCUT2D eigenvalue weighted by molar-refractivity contribution is -0.137. The van der Waals surface area contributed by atoms with Crippen molar-refractivity contribution in [1.29, 1.82) is 0 Å². The largest absolute Gasteiger partial charge is 0.416 e. The maximum atomic E-state index is 13.6. The Bertz CT molecular complexity index is 1560. The molecule has 14 heteroatoms. The van der Waals surface area contributed by atoms with Crippen molar-refractivity contribution in [3.8, 4) is 5.82 Å². The summed E-state index contributed by atoms with van der Waals surface area (Å²) in [4.78, 5) is 21.5. The van der Waals surface area contributed by atoms with Gasteiger partial charge in [-0.15, -0.1) is 0 Å². The van der Waals surface area contributed by atoms with Crippen LogP contribution in [0.4, 0.5) is 36.2 Å². The highest BCUT2D eigenvalue weighted by molar-refractivity contribution is 6.04. The zero-order chi connectivity index (χ0) is 30.4. The minimum Gasteiger partial charge on any atom is -0.394 e. The van der Waals surface area contributed by atoms with Crippen LogP contribution < -0.4 is 21.3 Å². The quantitative estimate of drug-likeness (QED) is 0.155.